The van der Waals surface area contributed by atoms with Gasteiger partial charge in [-0.05, 0) is 29.7 Å². The van der Waals surface area contributed by atoms with Crippen molar-refractivity contribution in [1.29, 1.82) is 5.26 Å². The quantitative estimate of drug-likeness (QED) is 0.882. The molecule has 18 heavy (non-hydrogen) atoms. The van der Waals surface area contributed by atoms with Gasteiger partial charge in [0.1, 0.15) is 6.07 Å². The van der Waals surface area contributed by atoms with Gasteiger partial charge < -0.3 is 5.32 Å². The Hall–Kier alpha value is -2.34. The number of hydrogen-bond acceptors (Lipinski definition) is 3. The van der Waals surface area contributed by atoms with E-state index >= 15 is 0 Å². The van der Waals surface area contributed by atoms with Gasteiger partial charge in [0, 0.05) is 11.9 Å². The molecule has 0 unspecified atom stereocenters. The Labute approximate surface area is 107 Å². The predicted molar refractivity (Wildman–Crippen MR) is 72.8 cm³/mol. The summed E-state index contributed by atoms with van der Waals surface area (Å²) in [4.78, 5) is 4.04. The van der Waals surface area contributed by atoms with Crippen molar-refractivity contribution < 1.29 is 0 Å². The largest absolute Gasteiger partial charge is 0.353 e. The van der Waals surface area contributed by atoms with E-state index in [1.807, 2.05) is 30.3 Å². The molecule has 0 saturated carbocycles. The minimum Gasteiger partial charge on any atom is -0.353 e. The third-order valence-corrected chi connectivity index (χ3v) is 2.77. The number of para-hydroxylation sites is 1. The lowest BCUT2D eigenvalue weighted by Crippen LogP contribution is -2.00. The van der Waals surface area contributed by atoms with E-state index in [-0.39, 0.29) is 0 Å². The first-order valence-electron chi connectivity index (χ1n) is 5.93. The molecule has 0 fully saturated rings. The molecular formula is C15H15N3. The summed E-state index contributed by atoms with van der Waals surface area (Å²) < 4.78 is 0. The van der Waals surface area contributed by atoms with Crippen LogP contribution in [0.5, 0.6) is 0 Å². The summed E-state index contributed by atoms with van der Waals surface area (Å²) in [6.07, 6.45) is 1.62. The van der Waals surface area contributed by atoms with Crippen molar-refractivity contribution >= 4 is 11.4 Å². The maximum absolute atomic E-state index is 9.02. The van der Waals surface area contributed by atoms with Crippen LogP contribution >= 0.6 is 0 Å². The number of benzene rings is 1. The fraction of sp³-hybridized carbons (Fsp3) is 0.200. The average Bonchev–Trinajstić information content (AvgIpc) is 2.40. The average molecular weight is 237 g/mol. The summed E-state index contributed by atoms with van der Waals surface area (Å²) >= 11 is 0. The van der Waals surface area contributed by atoms with Crippen LogP contribution in [0.2, 0.25) is 0 Å². The number of hydrogen-bond donors (Lipinski definition) is 1. The van der Waals surface area contributed by atoms with Crippen molar-refractivity contribution in [1.82, 2.24) is 4.98 Å². The zero-order valence-corrected chi connectivity index (χ0v) is 10.5. The third kappa shape index (κ3) is 2.49. The van der Waals surface area contributed by atoms with Crippen molar-refractivity contribution in [3.8, 4) is 6.07 Å². The van der Waals surface area contributed by atoms with Gasteiger partial charge in [0.2, 0.25) is 0 Å². The molecule has 0 aliphatic carbocycles. The maximum atomic E-state index is 9.02. The molecule has 0 saturated heterocycles. The lowest BCUT2D eigenvalue weighted by Gasteiger charge is -2.14. The van der Waals surface area contributed by atoms with Gasteiger partial charge in [-0.3, -0.25) is 0 Å². The Bertz CT molecular complexity index is 582. The Morgan fingerprint density at radius 2 is 1.83 bits per heavy atom. The minimum absolute atomic E-state index is 0.413. The van der Waals surface area contributed by atoms with Crippen molar-refractivity contribution in [2.45, 2.75) is 19.8 Å². The first kappa shape index (κ1) is 12.1. The predicted octanol–water partition coefficient (Wildman–Crippen LogP) is 3.82. The third-order valence-electron chi connectivity index (χ3n) is 2.77. The number of nitriles is 1. The van der Waals surface area contributed by atoms with Crippen LogP contribution in [0.15, 0.2) is 42.6 Å². The van der Waals surface area contributed by atoms with Gasteiger partial charge in [-0.2, -0.15) is 5.26 Å². The molecule has 1 aromatic carbocycles. The normalized spacial score (nSPS) is 10.1. The van der Waals surface area contributed by atoms with E-state index in [1.54, 1.807) is 6.20 Å². The van der Waals surface area contributed by atoms with Crippen LogP contribution in [-0.2, 0) is 0 Å². The van der Waals surface area contributed by atoms with E-state index < -0.39 is 0 Å². The van der Waals surface area contributed by atoms with Crippen molar-refractivity contribution in [3.05, 3.63) is 53.9 Å². The highest BCUT2D eigenvalue weighted by molar-refractivity contribution is 5.67. The lowest BCUT2D eigenvalue weighted by atomic mass is 10.0. The summed E-state index contributed by atoms with van der Waals surface area (Å²) in [7, 11) is 0. The van der Waals surface area contributed by atoms with E-state index in [0.717, 1.165) is 11.4 Å². The Morgan fingerprint density at radius 3 is 2.56 bits per heavy atom. The van der Waals surface area contributed by atoms with Gasteiger partial charge in [-0.1, -0.05) is 32.0 Å². The molecule has 0 aliphatic heterocycles. The number of nitrogens with one attached hydrogen (secondary N) is 1. The molecule has 0 amide bonds. The van der Waals surface area contributed by atoms with E-state index in [4.69, 9.17) is 5.26 Å². The fourth-order valence-electron chi connectivity index (χ4n) is 1.85. The van der Waals surface area contributed by atoms with Gasteiger partial charge in [0.15, 0.2) is 5.69 Å². The standard InChI is InChI=1S/C15H15N3/c1-11(2)12-6-3-4-7-13(12)18-14-8-5-9-17-15(14)10-16/h3-9,11,18H,1-2H3. The molecule has 2 aromatic rings. The summed E-state index contributed by atoms with van der Waals surface area (Å²) in [5.41, 5.74) is 3.41. The van der Waals surface area contributed by atoms with E-state index in [9.17, 15) is 0 Å². The van der Waals surface area contributed by atoms with Gasteiger partial charge in [-0.25, -0.2) is 4.98 Å². The maximum Gasteiger partial charge on any atom is 0.163 e. The van der Waals surface area contributed by atoms with Crippen LogP contribution in [0.25, 0.3) is 0 Å². The highest BCUT2D eigenvalue weighted by Crippen LogP contribution is 2.27. The van der Waals surface area contributed by atoms with E-state index in [1.165, 1.54) is 5.56 Å². The molecule has 0 spiro atoms. The number of nitrogens with zero attached hydrogens (tertiary/aromatic N) is 2. The molecule has 3 nitrogen and oxygen atoms in total. The van der Waals surface area contributed by atoms with Crippen LogP contribution in [0.3, 0.4) is 0 Å². The molecule has 0 radical (unpaired) electrons. The zero-order chi connectivity index (χ0) is 13.0. The molecule has 90 valence electrons. The minimum atomic E-state index is 0.413. The first-order chi connectivity index (χ1) is 8.72. The van der Waals surface area contributed by atoms with Crippen molar-refractivity contribution in [3.63, 3.8) is 0 Å². The Morgan fingerprint density at radius 1 is 1.11 bits per heavy atom. The number of rotatable bonds is 3. The smallest absolute Gasteiger partial charge is 0.163 e. The summed E-state index contributed by atoms with van der Waals surface area (Å²) in [6.45, 7) is 4.30. The summed E-state index contributed by atoms with van der Waals surface area (Å²) in [6, 6.07) is 13.9. The number of anilines is 2. The van der Waals surface area contributed by atoms with Crippen LogP contribution in [0.1, 0.15) is 31.0 Å². The second-order valence-corrected chi connectivity index (χ2v) is 4.38. The summed E-state index contributed by atoms with van der Waals surface area (Å²) in [5.74, 6) is 0.427. The molecule has 1 aromatic heterocycles. The second kappa shape index (κ2) is 5.33. The first-order valence-corrected chi connectivity index (χ1v) is 5.93. The topological polar surface area (TPSA) is 48.7 Å². The van der Waals surface area contributed by atoms with Crippen LogP contribution in [0.4, 0.5) is 11.4 Å². The highest BCUT2D eigenvalue weighted by atomic mass is 14.9. The van der Waals surface area contributed by atoms with Crippen molar-refractivity contribution in [2.24, 2.45) is 0 Å². The molecule has 0 atom stereocenters. The molecule has 3 heteroatoms. The molecule has 2 rings (SSSR count). The van der Waals surface area contributed by atoms with Gasteiger partial charge >= 0.3 is 0 Å². The molecule has 0 bridgehead atoms. The highest BCUT2D eigenvalue weighted by Gasteiger charge is 2.08. The number of pyridine rings is 1. The zero-order valence-electron chi connectivity index (χ0n) is 10.5. The molecule has 0 aliphatic rings. The van der Waals surface area contributed by atoms with Gasteiger partial charge in [-0.15, -0.1) is 0 Å². The fourth-order valence-corrected chi connectivity index (χ4v) is 1.85. The van der Waals surface area contributed by atoms with Crippen LogP contribution in [-0.4, -0.2) is 4.98 Å². The van der Waals surface area contributed by atoms with Gasteiger partial charge in [0.25, 0.3) is 0 Å². The van der Waals surface area contributed by atoms with Crippen molar-refractivity contribution in [2.75, 3.05) is 5.32 Å². The van der Waals surface area contributed by atoms with Gasteiger partial charge in [0.05, 0.1) is 5.69 Å². The molecular weight excluding hydrogens is 222 g/mol. The second-order valence-electron chi connectivity index (χ2n) is 4.38. The van der Waals surface area contributed by atoms with Crippen LogP contribution in [0, 0.1) is 11.3 Å². The monoisotopic (exact) mass is 237 g/mol. The lowest BCUT2D eigenvalue weighted by molar-refractivity contribution is 0.869. The SMILES string of the molecule is CC(C)c1ccccc1Nc1cccnc1C#N. The Kier molecular flexibility index (Phi) is 3.59. The summed E-state index contributed by atoms with van der Waals surface area (Å²) in [5, 5.41) is 12.3. The van der Waals surface area contributed by atoms with E-state index in [0.29, 0.717) is 11.6 Å². The number of aromatic nitrogens is 1. The molecule has 1 heterocycles. The van der Waals surface area contributed by atoms with E-state index in [2.05, 4.69) is 36.3 Å². The Balaban J connectivity index is 2.38. The molecule has 1 N–H and O–H groups in total. The van der Waals surface area contributed by atoms with Crippen LogP contribution < -0.4 is 5.32 Å².